The Hall–Kier alpha value is -3.05. The van der Waals surface area contributed by atoms with Crippen LogP contribution in [0.1, 0.15) is 24.2 Å². The molecule has 0 unspecified atom stereocenters. The molecule has 0 spiro atoms. The third-order valence-electron chi connectivity index (χ3n) is 4.75. The zero-order chi connectivity index (χ0) is 23.6. The molecule has 33 heavy (non-hydrogen) atoms. The Morgan fingerprint density at radius 1 is 1.15 bits per heavy atom. The largest absolute Gasteiger partial charge is 0.497 e. The molecule has 2 aromatic heterocycles. The van der Waals surface area contributed by atoms with Crippen molar-refractivity contribution in [1.82, 2.24) is 25.1 Å². The van der Waals surface area contributed by atoms with E-state index in [9.17, 15) is 4.79 Å². The third kappa shape index (κ3) is 6.26. The molecule has 11 heteroatoms. The first-order chi connectivity index (χ1) is 16.1. The topological polar surface area (TPSA) is 112 Å². The van der Waals surface area contributed by atoms with Crippen LogP contribution in [0.25, 0.3) is 11.0 Å². The Labute approximate surface area is 197 Å². The van der Waals surface area contributed by atoms with Gasteiger partial charge < -0.3 is 24.8 Å². The molecule has 1 amide bonds. The molecule has 0 fully saturated rings. The molecule has 0 aliphatic carbocycles. The second-order valence-electron chi connectivity index (χ2n) is 6.84. The summed E-state index contributed by atoms with van der Waals surface area (Å²) in [6.07, 6.45) is 1.74. The summed E-state index contributed by atoms with van der Waals surface area (Å²) in [6.45, 7) is 6.75. The molecular formula is C22H30N6O4S. The number of rotatable bonds is 13. The van der Waals surface area contributed by atoms with Crippen molar-refractivity contribution < 1.29 is 19.0 Å². The Morgan fingerprint density at radius 2 is 2.00 bits per heavy atom. The molecule has 0 atom stereocenters. The molecule has 178 valence electrons. The van der Waals surface area contributed by atoms with E-state index in [1.165, 1.54) is 7.11 Å². The van der Waals surface area contributed by atoms with Gasteiger partial charge in [-0.25, -0.2) is 14.6 Å². The van der Waals surface area contributed by atoms with Crippen molar-refractivity contribution in [2.24, 2.45) is 0 Å². The van der Waals surface area contributed by atoms with Gasteiger partial charge in [-0.1, -0.05) is 18.7 Å². The van der Waals surface area contributed by atoms with Crippen molar-refractivity contribution in [3.63, 3.8) is 0 Å². The van der Waals surface area contributed by atoms with Crippen LogP contribution >= 0.6 is 11.8 Å². The van der Waals surface area contributed by atoms with E-state index >= 15 is 0 Å². The van der Waals surface area contributed by atoms with Gasteiger partial charge in [0, 0.05) is 25.8 Å². The molecule has 1 aromatic carbocycles. The van der Waals surface area contributed by atoms with Crippen LogP contribution in [0.5, 0.6) is 11.5 Å². The fourth-order valence-corrected chi connectivity index (χ4v) is 3.74. The highest BCUT2D eigenvalue weighted by Gasteiger charge is 2.15. The SMILES string of the molecule is CCOCCNc1nc(SCC)nc2c1cnn2CCNC(=O)c1ccc(OC)cc1OC. The fraction of sp³-hybridized carbons (Fsp3) is 0.455. The van der Waals surface area contributed by atoms with Crippen molar-refractivity contribution in [3.05, 3.63) is 30.0 Å². The average molecular weight is 475 g/mol. The third-order valence-corrected chi connectivity index (χ3v) is 5.48. The van der Waals surface area contributed by atoms with Gasteiger partial charge in [-0.2, -0.15) is 5.10 Å². The predicted octanol–water partition coefficient (Wildman–Crippen LogP) is 2.83. The summed E-state index contributed by atoms with van der Waals surface area (Å²) >= 11 is 1.56. The number of benzene rings is 1. The lowest BCUT2D eigenvalue weighted by atomic mass is 10.1. The van der Waals surface area contributed by atoms with E-state index in [-0.39, 0.29) is 5.91 Å². The summed E-state index contributed by atoms with van der Waals surface area (Å²) in [6, 6.07) is 5.08. The monoisotopic (exact) mass is 474 g/mol. The molecule has 2 N–H and O–H groups in total. The van der Waals surface area contributed by atoms with Crippen molar-refractivity contribution >= 4 is 34.5 Å². The first-order valence-electron chi connectivity index (χ1n) is 10.8. The lowest BCUT2D eigenvalue weighted by Crippen LogP contribution is -2.28. The quantitative estimate of drug-likeness (QED) is 0.219. The molecular weight excluding hydrogens is 444 g/mol. The van der Waals surface area contributed by atoms with Gasteiger partial charge in [0.2, 0.25) is 0 Å². The van der Waals surface area contributed by atoms with Crippen LogP contribution in [0.2, 0.25) is 0 Å². The van der Waals surface area contributed by atoms with Gasteiger partial charge in [-0.05, 0) is 24.8 Å². The molecule has 0 aliphatic heterocycles. The standard InChI is InChI=1S/C22H30N6O4S/c1-5-32-12-10-23-19-17-14-25-28(20(17)27-22(26-19)33-6-2)11-9-24-21(29)16-8-7-15(30-3)13-18(16)31-4/h7-8,13-14H,5-6,9-12H2,1-4H3,(H,24,29)(H,23,26,27). The van der Waals surface area contributed by atoms with Crippen LogP contribution in [0.15, 0.2) is 29.6 Å². The molecule has 2 heterocycles. The lowest BCUT2D eigenvalue weighted by Gasteiger charge is -2.11. The number of methoxy groups -OCH3 is 2. The molecule has 0 saturated heterocycles. The maximum Gasteiger partial charge on any atom is 0.255 e. The highest BCUT2D eigenvalue weighted by Crippen LogP contribution is 2.25. The lowest BCUT2D eigenvalue weighted by molar-refractivity contribution is 0.0949. The molecule has 0 radical (unpaired) electrons. The maximum atomic E-state index is 12.7. The average Bonchev–Trinajstić information content (AvgIpc) is 3.24. The number of carbonyl (C=O) groups is 1. The molecule has 10 nitrogen and oxygen atoms in total. The van der Waals surface area contributed by atoms with E-state index in [4.69, 9.17) is 14.2 Å². The number of amides is 1. The number of nitrogens with one attached hydrogen (secondary N) is 2. The number of thioether (sulfide) groups is 1. The van der Waals surface area contributed by atoms with E-state index in [0.29, 0.717) is 55.1 Å². The van der Waals surface area contributed by atoms with Crippen LogP contribution < -0.4 is 20.1 Å². The fourth-order valence-electron chi connectivity index (χ4n) is 3.17. The van der Waals surface area contributed by atoms with Gasteiger partial charge in [0.05, 0.1) is 44.5 Å². The van der Waals surface area contributed by atoms with E-state index in [1.807, 2.05) is 6.92 Å². The molecule has 3 rings (SSSR count). The summed E-state index contributed by atoms with van der Waals surface area (Å²) < 4.78 is 17.7. The summed E-state index contributed by atoms with van der Waals surface area (Å²) in [5.74, 6) is 2.43. The summed E-state index contributed by atoms with van der Waals surface area (Å²) in [4.78, 5) is 22.0. The smallest absolute Gasteiger partial charge is 0.255 e. The number of hydrogen-bond acceptors (Lipinski definition) is 9. The number of ether oxygens (including phenoxy) is 3. The second-order valence-corrected chi connectivity index (χ2v) is 8.07. The molecule has 3 aromatic rings. The van der Waals surface area contributed by atoms with Gasteiger partial charge in [-0.15, -0.1) is 0 Å². The first kappa shape index (κ1) is 24.6. The zero-order valence-corrected chi connectivity index (χ0v) is 20.2. The van der Waals surface area contributed by atoms with E-state index < -0.39 is 0 Å². The Kier molecular flexibility index (Phi) is 9.14. The van der Waals surface area contributed by atoms with Crippen molar-refractivity contribution in [3.8, 4) is 11.5 Å². The normalized spacial score (nSPS) is 10.9. The molecule has 0 aliphatic rings. The van der Waals surface area contributed by atoms with Gasteiger partial charge in [0.1, 0.15) is 17.3 Å². The predicted molar refractivity (Wildman–Crippen MR) is 129 cm³/mol. The van der Waals surface area contributed by atoms with Gasteiger partial charge in [0.15, 0.2) is 10.8 Å². The van der Waals surface area contributed by atoms with E-state index in [2.05, 4.69) is 32.6 Å². The number of carbonyl (C=O) groups excluding carboxylic acids is 1. The number of aromatic nitrogens is 4. The molecule has 0 bridgehead atoms. The number of anilines is 1. The second kappa shape index (κ2) is 12.3. The van der Waals surface area contributed by atoms with Crippen LogP contribution in [0, 0.1) is 0 Å². The minimum absolute atomic E-state index is 0.235. The van der Waals surface area contributed by atoms with E-state index in [1.54, 1.807) is 47.9 Å². The van der Waals surface area contributed by atoms with Gasteiger partial charge >= 0.3 is 0 Å². The van der Waals surface area contributed by atoms with Gasteiger partial charge in [-0.3, -0.25) is 4.79 Å². The zero-order valence-electron chi connectivity index (χ0n) is 19.4. The van der Waals surface area contributed by atoms with Crippen molar-refractivity contribution in [2.75, 3.05) is 51.6 Å². The summed E-state index contributed by atoms with van der Waals surface area (Å²) in [7, 11) is 3.09. The summed E-state index contributed by atoms with van der Waals surface area (Å²) in [5, 5.41) is 12.2. The van der Waals surface area contributed by atoms with Crippen LogP contribution in [-0.2, 0) is 11.3 Å². The Balaban J connectivity index is 1.71. The minimum atomic E-state index is -0.235. The van der Waals surface area contributed by atoms with Crippen LogP contribution in [0.4, 0.5) is 5.82 Å². The van der Waals surface area contributed by atoms with Gasteiger partial charge in [0.25, 0.3) is 5.91 Å². The highest BCUT2D eigenvalue weighted by molar-refractivity contribution is 7.99. The number of fused-ring (bicyclic) bond motifs is 1. The maximum absolute atomic E-state index is 12.7. The number of hydrogen-bond donors (Lipinski definition) is 2. The van der Waals surface area contributed by atoms with E-state index in [0.717, 1.165) is 22.6 Å². The summed E-state index contributed by atoms with van der Waals surface area (Å²) in [5.41, 5.74) is 1.16. The Bertz CT molecular complexity index is 1070. The molecule has 0 saturated carbocycles. The number of nitrogens with zero attached hydrogens (tertiary/aromatic N) is 4. The van der Waals surface area contributed by atoms with Crippen molar-refractivity contribution in [2.45, 2.75) is 25.5 Å². The minimum Gasteiger partial charge on any atom is -0.497 e. The highest BCUT2D eigenvalue weighted by atomic mass is 32.2. The first-order valence-corrected chi connectivity index (χ1v) is 11.8. The van der Waals surface area contributed by atoms with Crippen molar-refractivity contribution in [1.29, 1.82) is 0 Å². The van der Waals surface area contributed by atoms with Crippen LogP contribution in [0.3, 0.4) is 0 Å². The Morgan fingerprint density at radius 3 is 2.73 bits per heavy atom. The van der Waals surface area contributed by atoms with Crippen LogP contribution in [-0.4, -0.2) is 71.9 Å².